The fraction of sp³-hybridized carbons (Fsp3) is 0.400. The molecule has 1 unspecified atom stereocenters. The standard InChI is InChI=1S/C20H25N3O2S/c1-16(21-19(24)17-6-3-2-4-7-17)20(25)23-13-11-22(12-14-23)10-9-18-8-5-15-26-18/h2-8,15-16H,9-14H2,1H3,(H,21,24). The first-order chi connectivity index (χ1) is 12.6. The molecule has 0 radical (unpaired) electrons. The molecule has 3 rings (SSSR count). The first-order valence-electron chi connectivity index (χ1n) is 9.03. The lowest BCUT2D eigenvalue weighted by Gasteiger charge is -2.36. The van der Waals surface area contributed by atoms with E-state index in [-0.39, 0.29) is 11.8 Å². The first-order valence-corrected chi connectivity index (χ1v) is 9.91. The molecule has 1 aliphatic heterocycles. The number of thiophene rings is 1. The summed E-state index contributed by atoms with van der Waals surface area (Å²) in [6, 6.07) is 12.7. The van der Waals surface area contributed by atoms with Crippen molar-refractivity contribution < 1.29 is 9.59 Å². The maximum absolute atomic E-state index is 12.6. The minimum Gasteiger partial charge on any atom is -0.341 e. The van der Waals surface area contributed by atoms with Crippen molar-refractivity contribution in [3.63, 3.8) is 0 Å². The Morgan fingerprint density at radius 3 is 2.46 bits per heavy atom. The number of benzene rings is 1. The van der Waals surface area contributed by atoms with Crippen molar-refractivity contribution in [2.45, 2.75) is 19.4 Å². The molecule has 2 heterocycles. The molecular weight excluding hydrogens is 346 g/mol. The van der Waals surface area contributed by atoms with Crippen molar-refractivity contribution in [2.75, 3.05) is 32.7 Å². The van der Waals surface area contributed by atoms with E-state index in [1.165, 1.54) is 4.88 Å². The number of nitrogens with one attached hydrogen (secondary N) is 1. The average molecular weight is 372 g/mol. The van der Waals surface area contributed by atoms with Crippen LogP contribution in [0.3, 0.4) is 0 Å². The van der Waals surface area contributed by atoms with Crippen LogP contribution >= 0.6 is 11.3 Å². The van der Waals surface area contributed by atoms with Crippen LogP contribution < -0.4 is 5.32 Å². The maximum atomic E-state index is 12.6. The lowest BCUT2D eigenvalue weighted by atomic mass is 10.2. The van der Waals surface area contributed by atoms with E-state index < -0.39 is 6.04 Å². The Kier molecular flexibility index (Phi) is 6.41. The summed E-state index contributed by atoms with van der Waals surface area (Å²) in [6.07, 6.45) is 1.06. The molecule has 1 aromatic carbocycles. The monoisotopic (exact) mass is 371 g/mol. The van der Waals surface area contributed by atoms with E-state index in [1.807, 2.05) is 23.1 Å². The minimum atomic E-state index is -0.514. The summed E-state index contributed by atoms with van der Waals surface area (Å²) >= 11 is 1.79. The van der Waals surface area contributed by atoms with Gasteiger partial charge in [0.25, 0.3) is 5.91 Å². The molecule has 1 saturated heterocycles. The van der Waals surface area contributed by atoms with Gasteiger partial charge in [-0.3, -0.25) is 14.5 Å². The maximum Gasteiger partial charge on any atom is 0.251 e. The second-order valence-electron chi connectivity index (χ2n) is 6.56. The number of nitrogens with zero attached hydrogens (tertiary/aromatic N) is 2. The zero-order valence-corrected chi connectivity index (χ0v) is 15.9. The Morgan fingerprint density at radius 1 is 1.08 bits per heavy atom. The number of hydrogen-bond acceptors (Lipinski definition) is 4. The zero-order valence-electron chi connectivity index (χ0n) is 15.1. The fourth-order valence-electron chi connectivity index (χ4n) is 3.12. The molecule has 1 aliphatic rings. The number of rotatable bonds is 6. The number of piperazine rings is 1. The molecule has 5 nitrogen and oxygen atoms in total. The topological polar surface area (TPSA) is 52.7 Å². The van der Waals surface area contributed by atoms with E-state index >= 15 is 0 Å². The van der Waals surface area contributed by atoms with Gasteiger partial charge in [0.2, 0.25) is 5.91 Å². The van der Waals surface area contributed by atoms with Gasteiger partial charge in [-0.15, -0.1) is 11.3 Å². The fourth-order valence-corrected chi connectivity index (χ4v) is 3.82. The van der Waals surface area contributed by atoms with Gasteiger partial charge >= 0.3 is 0 Å². The van der Waals surface area contributed by atoms with Crippen LogP contribution in [0.2, 0.25) is 0 Å². The van der Waals surface area contributed by atoms with Crippen molar-refractivity contribution in [3.05, 3.63) is 58.3 Å². The lowest BCUT2D eigenvalue weighted by Crippen LogP contribution is -2.54. The van der Waals surface area contributed by atoms with Crippen LogP contribution in [0.4, 0.5) is 0 Å². The Balaban J connectivity index is 1.43. The Bertz CT molecular complexity index is 710. The number of hydrogen-bond donors (Lipinski definition) is 1. The van der Waals surface area contributed by atoms with Crippen LogP contribution in [0, 0.1) is 0 Å². The molecular formula is C20H25N3O2S. The predicted molar refractivity (Wildman–Crippen MR) is 104 cm³/mol. The van der Waals surface area contributed by atoms with Crippen molar-refractivity contribution in [3.8, 4) is 0 Å². The molecule has 0 aliphatic carbocycles. The van der Waals surface area contributed by atoms with Gasteiger partial charge in [-0.25, -0.2) is 0 Å². The Hall–Kier alpha value is -2.18. The van der Waals surface area contributed by atoms with Crippen molar-refractivity contribution in [1.29, 1.82) is 0 Å². The second-order valence-corrected chi connectivity index (χ2v) is 7.59. The van der Waals surface area contributed by atoms with Gasteiger partial charge in [-0.1, -0.05) is 24.3 Å². The van der Waals surface area contributed by atoms with Crippen molar-refractivity contribution in [1.82, 2.24) is 15.1 Å². The van der Waals surface area contributed by atoms with Crippen molar-refractivity contribution >= 4 is 23.2 Å². The highest BCUT2D eigenvalue weighted by Gasteiger charge is 2.25. The highest BCUT2D eigenvalue weighted by Crippen LogP contribution is 2.11. The normalized spacial score (nSPS) is 16.3. The second kappa shape index (κ2) is 8.96. The molecule has 26 heavy (non-hydrogen) atoms. The average Bonchev–Trinajstić information content (AvgIpc) is 3.20. The van der Waals surface area contributed by atoms with Crippen LogP contribution in [0.5, 0.6) is 0 Å². The molecule has 1 fully saturated rings. The molecule has 1 atom stereocenters. The largest absolute Gasteiger partial charge is 0.341 e. The summed E-state index contributed by atoms with van der Waals surface area (Å²) in [7, 11) is 0. The lowest BCUT2D eigenvalue weighted by molar-refractivity contribution is -0.134. The molecule has 2 amide bonds. The van der Waals surface area contributed by atoms with E-state index in [4.69, 9.17) is 0 Å². The van der Waals surface area contributed by atoms with Crippen LogP contribution in [0.25, 0.3) is 0 Å². The van der Waals surface area contributed by atoms with Gasteiger partial charge in [0.1, 0.15) is 6.04 Å². The summed E-state index contributed by atoms with van der Waals surface area (Å²) in [5, 5.41) is 4.91. The van der Waals surface area contributed by atoms with E-state index in [0.717, 1.165) is 39.1 Å². The van der Waals surface area contributed by atoms with Gasteiger partial charge in [0.05, 0.1) is 0 Å². The van der Waals surface area contributed by atoms with Crippen molar-refractivity contribution in [2.24, 2.45) is 0 Å². The Labute approximate surface area is 158 Å². The summed E-state index contributed by atoms with van der Waals surface area (Å²) in [4.78, 5) is 30.5. The highest BCUT2D eigenvalue weighted by atomic mass is 32.1. The Morgan fingerprint density at radius 2 is 1.81 bits per heavy atom. The number of carbonyl (C=O) groups excluding carboxylic acids is 2. The van der Waals surface area contributed by atoms with E-state index in [9.17, 15) is 9.59 Å². The summed E-state index contributed by atoms with van der Waals surface area (Å²) < 4.78 is 0. The molecule has 1 N–H and O–H groups in total. The van der Waals surface area contributed by atoms with Gasteiger partial charge in [0, 0.05) is 43.2 Å². The molecule has 0 bridgehead atoms. The van der Waals surface area contributed by atoms with Crippen LogP contribution in [0.15, 0.2) is 47.8 Å². The summed E-state index contributed by atoms with van der Waals surface area (Å²) in [5.74, 6) is -0.215. The SMILES string of the molecule is CC(NC(=O)c1ccccc1)C(=O)N1CCN(CCc2cccs2)CC1. The first kappa shape index (κ1) is 18.6. The van der Waals surface area contributed by atoms with E-state index in [0.29, 0.717) is 5.56 Å². The smallest absolute Gasteiger partial charge is 0.251 e. The zero-order chi connectivity index (χ0) is 18.4. The third kappa shape index (κ3) is 4.93. The highest BCUT2D eigenvalue weighted by molar-refractivity contribution is 7.09. The van der Waals surface area contributed by atoms with E-state index in [2.05, 4.69) is 27.7 Å². The number of carbonyl (C=O) groups is 2. The third-order valence-corrected chi connectivity index (χ3v) is 5.63. The minimum absolute atomic E-state index is 0.00723. The molecule has 6 heteroatoms. The summed E-state index contributed by atoms with van der Waals surface area (Å²) in [6.45, 7) is 5.99. The molecule has 2 aromatic rings. The van der Waals surface area contributed by atoms with E-state index in [1.54, 1.807) is 30.4 Å². The molecule has 138 valence electrons. The van der Waals surface area contributed by atoms with Crippen LogP contribution in [0.1, 0.15) is 22.2 Å². The van der Waals surface area contributed by atoms with Crippen LogP contribution in [-0.2, 0) is 11.2 Å². The van der Waals surface area contributed by atoms with Gasteiger partial charge in [-0.2, -0.15) is 0 Å². The van der Waals surface area contributed by atoms with Gasteiger partial charge < -0.3 is 10.2 Å². The van der Waals surface area contributed by atoms with Crippen LogP contribution in [-0.4, -0.2) is 60.4 Å². The molecule has 0 saturated carbocycles. The van der Waals surface area contributed by atoms with Gasteiger partial charge in [0.15, 0.2) is 0 Å². The van der Waals surface area contributed by atoms with Gasteiger partial charge in [-0.05, 0) is 36.9 Å². The molecule has 1 aromatic heterocycles. The third-order valence-electron chi connectivity index (χ3n) is 4.69. The molecule has 0 spiro atoms. The summed E-state index contributed by atoms with van der Waals surface area (Å²) in [5.41, 5.74) is 0.575. The predicted octanol–water partition coefficient (Wildman–Crippen LogP) is 2.25. The quantitative estimate of drug-likeness (QED) is 0.847. The number of amides is 2.